The van der Waals surface area contributed by atoms with E-state index in [9.17, 15) is 9.90 Å². The van der Waals surface area contributed by atoms with E-state index in [1.54, 1.807) is 10.7 Å². The van der Waals surface area contributed by atoms with Crippen LogP contribution in [0.1, 0.15) is 33.4 Å². The molecule has 6 nitrogen and oxygen atoms in total. The summed E-state index contributed by atoms with van der Waals surface area (Å²) in [4.78, 5) is 17.0. The normalized spacial score (nSPS) is 15.4. The molecule has 0 radical (unpaired) electrons. The molecule has 2 aromatic heterocycles. The Balaban J connectivity index is 1.75. The number of nitrogens with one attached hydrogen (secondary N) is 1. The Morgan fingerprint density at radius 3 is 2.84 bits per heavy atom. The van der Waals surface area contributed by atoms with E-state index in [1.807, 2.05) is 50.4 Å². The summed E-state index contributed by atoms with van der Waals surface area (Å²) < 4.78 is 1.71. The molecule has 1 aromatic carbocycles. The molecule has 1 aliphatic rings. The molecule has 2 N–H and O–H groups in total. The number of amides is 1. The Bertz CT molecular complexity index is 977. The average molecular weight is 334 g/mol. The Morgan fingerprint density at radius 2 is 2.04 bits per heavy atom. The van der Waals surface area contributed by atoms with Gasteiger partial charge in [0.2, 0.25) is 0 Å². The number of hydrogen-bond acceptors (Lipinski definition) is 4. The smallest absolute Gasteiger partial charge is 0.277 e. The van der Waals surface area contributed by atoms with Crippen LogP contribution in [0.3, 0.4) is 0 Å². The van der Waals surface area contributed by atoms with E-state index in [2.05, 4.69) is 15.4 Å². The monoisotopic (exact) mass is 334 g/mol. The van der Waals surface area contributed by atoms with E-state index in [0.29, 0.717) is 17.9 Å². The van der Waals surface area contributed by atoms with Crippen LogP contribution in [0.5, 0.6) is 0 Å². The molecule has 126 valence electrons. The number of nitrogens with zero attached hydrogens (tertiary/aromatic N) is 3. The molecule has 2 heterocycles. The van der Waals surface area contributed by atoms with Crippen LogP contribution in [0.15, 0.2) is 42.5 Å². The second kappa shape index (κ2) is 5.82. The lowest BCUT2D eigenvalue weighted by molar-refractivity contribution is 0.101. The maximum Gasteiger partial charge on any atom is 0.277 e. The highest BCUT2D eigenvalue weighted by Crippen LogP contribution is 2.39. The quantitative estimate of drug-likeness (QED) is 0.755. The number of anilines is 1. The van der Waals surface area contributed by atoms with Crippen LogP contribution in [0.4, 0.5) is 5.82 Å². The van der Waals surface area contributed by atoms with E-state index in [1.165, 1.54) is 0 Å². The van der Waals surface area contributed by atoms with Crippen molar-refractivity contribution in [3.8, 4) is 11.3 Å². The van der Waals surface area contributed by atoms with Crippen molar-refractivity contribution in [3.05, 3.63) is 65.0 Å². The number of aliphatic hydroxyl groups is 1. The standard InChI is InChI=1S/C19H18N4O2/c1-11-6-5-9-16(20-11)21-19(25)17-14-10-15(24)12-7-3-4-8-13(12)18(14)23(2)22-17/h3-9,15,24H,10H2,1-2H3,(H,20,21,25). The molecule has 0 saturated heterocycles. The van der Waals surface area contributed by atoms with Crippen LogP contribution in [0, 0.1) is 6.92 Å². The van der Waals surface area contributed by atoms with Crippen LogP contribution in [0.25, 0.3) is 11.3 Å². The minimum Gasteiger partial charge on any atom is -0.388 e. The zero-order valence-corrected chi connectivity index (χ0v) is 14.0. The number of carbonyl (C=O) groups is 1. The van der Waals surface area contributed by atoms with Gasteiger partial charge in [-0.3, -0.25) is 9.48 Å². The van der Waals surface area contributed by atoms with Gasteiger partial charge in [-0.25, -0.2) is 4.98 Å². The molecule has 1 amide bonds. The predicted octanol–water partition coefficient (Wildman–Crippen LogP) is 2.63. The van der Waals surface area contributed by atoms with Crippen molar-refractivity contribution in [1.82, 2.24) is 14.8 Å². The van der Waals surface area contributed by atoms with Crippen LogP contribution >= 0.6 is 0 Å². The lowest BCUT2D eigenvalue weighted by Crippen LogP contribution is -2.18. The zero-order valence-electron chi connectivity index (χ0n) is 14.0. The molecule has 3 aromatic rings. The molecule has 1 unspecified atom stereocenters. The molecule has 1 aliphatic carbocycles. The van der Waals surface area contributed by atoms with Crippen molar-refractivity contribution in [2.24, 2.45) is 7.05 Å². The highest BCUT2D eigenvalue weighted by atomic mass is 16.3. The van der Waals surface area contributed by atoms with Crippen LogP contribution < -0.4 is 5.32 Å². The van der Waals surface area contributed by atoms with E-state index in [4.69, 9.17) is 0 Å². The minimum absolute atomic E-state index is 0.318. The number of rotatable bonds is 2. The first-order valence-electron chi connectivity index (χ1n) is 8.13. The van der Waals surface area contributed by atoms with Gasteiger partial charge < -0.3 is 10.4 Å². The molecule has 0 bridgehead atoms. The number of aryl methyl sites for hydroxylation is 2. The largest absolute Gasteiger partial charge is 0.388 e. The molecule has 0 aliphatic heterocycles. The summed E-state index contributed by atoms with van der Waals surface area (Å²) in [7, 11) is 1.81. The van der Waals surface area contributed by atoms with E-state index in [0.717, 1.165) is 28.1 Å². The van der Waals surface area contributed by atoms with Crippen LogP contribution in [0.2, 0.25) is 0 Å². The third-order valence-electron chi connectivity index (χ3n) is 4.46. The van der Waals surface area contributed by atoms with Gasteiger partial charge in [-0.2, -0.15) is 5.10 Å². The van der Waals surface area contributed by atoms with Gasteiger partial charge in [-0.05, 0) is 24.6 Å². The summed E-state index contributed by atoms with van der Waals surface area (Å²) in [5.74, 6) is 0.169. The topological polar surface area (TPSA) is 80.0 Å². The van der Waals surface area contributed by atoms with Crippen molar-refractivity contribution in [1.29, 1.82) is 0 Å². The Labute approximate surface area is 145 Å². The van der Waals surface area contributed by atoms with Gasteiger partial charge in [0, 0.05) is 30.3 Å². The summed E-state index contributed by atoms with van der Waals surface area (Å²) in [5, 5.41) is 17.7. The first-order chi connectivity index (χ1) is 12.0. The SMILES string of the molecule is Cc1cccc(NC(=O)c2nn(C)c3c2CC(O)c2ccccc2-3)n1. The highest BCUT2D eigenvalue weighted by molar-refractivity contribution is 6.04. The molecule has 0 fully saturated rings. The molecule has 25 heavy (non-hydrogen) atoms. The second-order valence-electron chi connectivity index (χ2n) is 6.22. The predicted molar refractivity (Wildman–Crippen MR) is 94.2 cm³/mol. The van der Waals surface area contributed by atoms with Crippen molar-refractivity contribution in [2.45, 2.75) is 19.4 Å². The maximum atomic E-state index is 12.7. The Kier molecular flexibility index (Phi) is 3.62. The van der Waals surface area contributed by atoms with Gasteiger partial charge in [0.25, 0.3) is 5.91 Å². The molecule has 6 heteroatoms. The summed E-state index contributed by atoms with van der Waals surface area (Å²) in [6.07, 6.45) is -0.277. The molecular weight excluding hydrogens is 316 g/mol. The van der Waals surface area contributed by atoms with Crippen molar-refractivity contribution < 1.29 is 9.90 Å². The van der Waals surface area contributed by atoms with Gasteiger partial charge in [-0.15, -0.1) is 0 Å². The number of hydrogen-bond donors (Lipinski definition) is 2. The van der Waals surface area contributed by atoms with Gasteiger partial charge in [0.15, 0.2) is 5.69 Å². The fourth-order valence-corrected chi connectivity index (χ4v) is 3.38. The van der Waals surface area contributed by atoms with Crippen LogP contribution in [-0.2, 0) is 13.5 Å². The van der Waals surface area contributed by atoms with Gasteiger partial charge in [-0.1, -0.05) is 30.3 Å². The Morgan fingerprint density at radius 1 is 1.24 bits per heavy atom. The highest BCUT2D eigenvalue weighted by Gasteiger charge is 2.31. The van der Waals surface area contributed by atoms with Crippen LogP contribution in [-0.4, -0.2) is 25.8 Å². The number of aliphatic hydroxyl groups excluding tert-OH is 1. The minimum atomic E-state index is -0.642. The molecule has 0 saturated carbocycles. The number of carbonyl (C=O) groups excluding carboxylic acids is 1. The van der Waals surface area contributed by atoms with Crippen molar-refractivity contribution in [2.75, 3.05) is 5.32 Å². The van der Waals surface area contributed by atoms with Crippen molar-refractivity contribution in [3.63, 3.8) is 0 Å². The third kappa shape index (κ3) is 2.60. The lowest BCUT2D eigenvalue weighted by atomic mass is 9.87. The summed E-state index contributed by atoms with van der Waals surface area (Å²) in [6.45, 7) is 1.87. The molecular formula is C19H18N4O2. The summed E-state index contributed by atoms with van der Waals surface area (Å²) in [5.41, 5.74) is 4.57. The average Bonchev–Trinajstić information content (AvgIpc) is 2.92. The Hall–Kier alpha value is -2.99. The van der Waals surface area contributed by atoms with Gasteiger partial charge >= 0.3 is 0 Å². The van der Waals surface area contributed by atoms with E-state index < -0.39 is 6.10 Å². The first-order valence-corrected chi connectivity index (χ1v) is 8.13. The maximum absolute atomic E-state index is 12.7. The third-order valence-corrected chi connectivity index (χ3v) is 4.46. The number of fused-ring (bicyclic) bond motifs is 3. The zero-order chi connectivity index (χ0) is 17.6. The van der Waals surface area contributed by atoms with Gasteiger partial charge in [0.1, 0.15) is 5.82 Å². The van der Waals surface area contributed by atoms with Crippen molar-refractivity contribution >= 4 is 11.7 Å². The molecule has 4 rings (SSSR count). The number of aromatic nitrogens is 3. The van der Waals surface area contributed by atoms with E-state index >= 15 is 0 Å². The van der Waals surface area contributed by atoms with Gasteiger partial charge in [0.05, 0.1) is 11.8 Å². The summed E-state index contributed by atoms with van der Waals surface area (Å²) >= 11 is 0. The fraction of sp³-hybridized carbons (Fsp3) is 0.211. The number of pyridine rings is 1. The second-order valence-corrected chi connectivity index (χ2v) is 6.22. The first kappa shape index (κ1) is 15.5. The lowest BCUT2D eigenvalue weighted by Gasteiger charge is -2.22. The van der Waals surface area contributed by atoms with E-state index in [-0.39, 0.29) is 5.91 Å². The fourth-order valence-electron chi connectivity index (χ4n) is 3.38. The number of benzene rings is 1. The molecule has 0 spiro atoms. The molecule has 1 atom stereocenters. The summed E-state index contributed by atoms with van der Waals surface area (Å²) in [6, 6.07) is 13.1.